The Balaban J connectivity index is 1.93. The fraction of sp³-hybridized carbons (Fsp3) is 0.929. The molecule has 0 radical (unpaired) electrons. The lowest BCUT2D eigenvalue weighted by atomic mass is 9.79. The molecule has 1 N–H and O–H groups in total. The van der Waals surface area contributed by atoms with Crippen molar-refractivity contribution in [2.45, 2.75) is 44.1 Å². The number of hydrogen-bond donors (Lipinski definition) is 1. The first kappa shape index (κ1) is 13.8. The molecule has 18 heavy (non-hydrogen) atoms. The van der Waals surface area contributed by atoms with Crippen molar-refractivity contribution >= 4 is 5.91 Å². The Morgan fingerprint density at radius 1 is 1.28 bits per heavy atom. The van der Waals surface area contributed by atoms with Gasteiger partial charge in [0.1, 0.15) is 0 Å². The third-order valence-electron chi connectivity index (χ3n) is 4.56. The molecule has 2 rings (SSSR count). The summed E-state index contributed by atoms with van der Waals surface area (Å²) < 4.78 is 0. The molecule has 4 heteroatoms. The second kappa shape index (κ2) is 6.02. The third-order valence-corrected chi connectivity index (χ3v) is 4.56. The number of nitrogens with zero attached hydrogens (tertiary/aromatic N) is 2. The molecule has 0 bridgehead atoms. The Bertz CT molecular complexity index is 276. The van der Waals surface area contributed by atoms with Gasteiger partial charge >= 0.3 is 0 Å². The lowest BCUT2D eigenvalue weighted by Crippen LogP contribution is -2.62. The largest absolute Gasteiger partial charge is 0.349 e. The van der Waals surface area contributed by atoms with Gasteiger partial charge in [0.2, 0.25) is 5.91 Å². The molecular weight excluding hydrogens is 226 g/mol. The average Bonchev–Trinajstić information content (AvgIpc) is 2.38. The van der Waals surface area contributed by atoms with Crippen LogP contribution < -0.4 is 5.32 Å². The molecule has 1 aliphatic heterocycles. The molecule has 0 aromatic carbocycles. The minimum absolute atomic E-state index is 0.250. The fourth-order valence-corrected chi connectivity index (χ4v) is 3.39. The summed E-state index contributed by atoms with van der Waals surface area (Å²) in [4.78, 5) is 16.0. The SMILES string of the molecule is CN(C)C(=O)CCN1CCNCC12CCCCC2. The van der Waals surface area contributed by atoms with Crippen LogP contribution in [0.5, 0.6) is 0 Å². The van der Waals surface area contributed by atoms with E-state index in [1.165, 1.54) is 32.1 Å². The maximum atomic E-state index is 11.7. The summed E-state index contributed by atoms with van der Waals surface area (Å²) >= 11 is 0. The molecule has 1 saturated heterocycles. The van der Waals surface area contributed by atoms with Crippen LogP contribution in [0.2, 0.25) is 0 Å². The van der Waals surface area contributed by atoms with Gasteiger partial charge in [0, 0.05) is 52.2 Å². The van der Waals surface area contributed by atoms with Gasteiger partial charge in [0.25, 0.3) is 0 Å². The molecule has 0 unspecified atom stereocenters. The van der Waals surface area contributed by atoms with Crippen molar-refractivity contribution in [1.29, 1.82) is 0 Å². The van der Waals surface area contributed by atoms with E-state index in [-0.39, 0.29) is 5.91 Å². The van der Waals surface area contributed by atoms with Crippen LogP contribution in [-0.2, 0) is 4.79 Å². The zero-order valence-electron chi connectivity index (χ0n) is 11.9. The van der Waals surface area contributed by atoms with E-state index in [2.05, 4.69) is 10.2 Å². The highest BCUT2D eigenvalue weighted by atomic mass is 16.2. The minimum Gasteiger partial charge on any atom is -0.349 e. The highest BCUT2D eigenvalue weighted by Crippen LogP contribution is 2.34. The van der Waals surface area contributed by atoms with Crippen LogP contribution in [0, 0.1) is 0 Å². The monoisotopic (exact) mass is 253 g/mol. The van der Waals surface area contributed by atoms with E-state index in [1.54, 1.807) is 4.90 Å². The van der Waals surface area contributed by atoms with Crippen molar-refractivity contribution in [3.8, 4) is 0 Å². The van der Waals surface area contributed by atoms with Crippen LogP contribution in [0.25, 0.3) is 0 Å². The van der Waals surface area contributed by atoms with Gasteiger partial charge in [0.15, 0.2) is 0 Å². The number of carbonyl (C=O) groups is 1. The zero-order valence-corrected chi connectivity index (χ0v) is 11.9. The Hall–Kier alpha value is -0.610. The Morgan fingerprint density at radius 2 is 2.00 bits per heavy atom. The normalized spacial score (nSPS) is 24.1. The first-order valence-electron chi connectivity index (χ1n) is 7.30. The van der Waals surface area contributed by atoms with Gasteiger partial charge in [-0.25, -0.2) is 0 Å². The molecule has 1 saturated carbocycles. The van der Waals surface area contributed by atoms with E-state index < -0.39 is 0 Å². The second-order valence-corrected chi connectivity index (χ2v) is 5.99. The molecule has 4 nitrogen and oxygen atoms in total. The predicted molar refractivity (Wildman–Crippen MR) is 73.6 cm³/mol. The van der Waals surface area contributed by atoms with Crippen molar-refractivity contribution in [1.82, 2.24) is 15.1 Å². The molecular formula is C14H27N3O. The second-order valence-electron chi connectivity index (χ2n) is 5.99. The maximum absolute atomic E-state index is 11.7. The van der Waals surface area contributed by atoms with E-state index in [1.807, 2.05) is 14.1 Å². The molecule has 0 aromatic heterocycles. The third kappa shape index (κ3) is 3.04. The first-order chi connectivity index (χ1) is 8.64. The van der Waals surface area contributed by atoms with Crippen LogP contribution >= 0.6 is 0 Å². The summed E-state index contributed by atoms with van der Waals surface area (Å²) in [7, 11) is 3.69. The number of nitrogens with one attached hydrogen (secondary N) is 1. The zero-order chi connectivity index (χ0) is 13.0. The molecule has 0 aromatic rings. The van der Waals surface area contributed by atoms with Gasteiger partial charge in [-0.2, -0.15) is 0 Å². The number of hydrogen-bond acceptors (Lipinski definition) is 3. The van der Waals surface area contributed by atoms with Crippen LogP contribution in [-0.4, -0.2) is 61.5 Å². The van der Waals surface area contributed by atoms with Gasteiger partial charge in [0.05, 0.1) is 0 Å². The molecule has 1 aliphatic carbocycles. The summed E-state index contributed by atoms with van der Waals surface area (Å²) in [6.07, 6.45) is 7.34. The van der Waals surface area contributed by atoms with Gasteiger partial charge in [-0.15, -0.1) is 0 Å². The fourth-order valence-electron chi connectivity index (χ4n) is 3.39. The highest BCUT2D eigenvalue weighted by molar-refractivity contribution is 5.75. The quantitative estimate of drug-likeness (QED) is 0.817. The van der Waals surface area contributed by atoms with E-state index in [9.17, 15) is 4.79 Å². The average molecular weight is 253 g/mol. The molecule has 2 aliphatic rings. The van der Waals surface area contributed by atoms with Crippen LogP contribution in [0.15, 0.2) is 0 Å². The maximum Gasteiger partial charge on any atom is 0.223 e. The minimum atomic E-state index is 0.250. The van der Waals surface area contributed by atoms with Crippen LogP contribution in [0.3, 0.4) is 0 Å². The summed E-state index contributed by atoms with van der Waals surface area (Å²) in [5.41, 5.74) is 0.350. The summed E-state index contributed by atoms with van der Waals surface area (Å²) in [5, 5.41) is 3.55. The summed E-state index contributed by atoms with van der Waals surface area (Å²) in [6.45, 7) is 4.21. The van der Waals surface area contributed by atoms with E-state index in [4.69, 9.17) is 0 Å². The lowest BCUT2D eigenvalue weighted by molar-refractivity contribution is -0.129. The van der Waals surface area contributed by atoms with Crippen LogP contribution in [0.4, 0.5) is 0 Å². The van der Waals surface area contributed by atoms with Gasteiger partial charge in [-0.3, -0.25) is 9.69 Å². The summed E-state index contributed by atoms with van der Waals surface area (Å²) in [5.74, 6) is 0.250. The van der Waals surface area contributed by atoms with Gasteiger partial charge in [-0.05, 0) is 12.8 Å². The number of amides is 1. The van der Waals surface area contributed by atoms with Crippen molar-refractivity contribution in [2.24, 2.45) is 0 Å². The number of rotatable bonds is 3. The number of carbonyl (C=O) groups excluding carboxylic acids is 1. The van der Waals surface area contributed by atoms with Crippen molar-refractivity contribution < 1.29 is 4.79 Å². The first-order valence-corrected chi connectivity index (χ1v) is 7.30. The smallest absolute Gasteiger partial charge is 0.223 e. The van der Waals surface area contributed by atoms with E-state index in [0.29, 0.717) is 12.0 Å². The van der Waals surface area contributed by atoms with Gasteiger partial charge in [-0.1, -0.05) is 19.3 Å². The van der Waals surface area contributed by atoms with Crippen molar-refractivity contribution in [2.75, 3.05) is 40.3 Å². The molecule has 1 spiro atoms. The lowest BCUT2D eigenvalue weighted by Gasteiger charge is -2.50. The standard InChI is InChI=1S/C14H27N3O/c1-16(2)13(18)6-10-17-11-9-15-12-14(17)7-4-3-5-8-14/h15H,3-12H2,1-2H3. The number of piperazine rings is 1. The topological polar surface area (TPSA) is 35.6 Å². The molecule has 0 atom stereocenters. The van der Waals surface area contributed by atoms with Crippen LogP contribution in [0.1, 0.15) is 38.5 Å². The van der Waals surface area contributed by atoms with Gasteiger partial charge < -0.3 is 10.2 Å². The Labute approximate surface area is 111 Å². The van der Waals surface area contributed by atoms with E-state index >= 15 is 0 Å². The Morgan fingerprint density at radius 3 is 2.67 bits per heavy atom. The highest BCUT2D eigenvalue weighted by Gasteiger charge is 2.39. The Kier molecular flexibility index (Phi) is 4.62. The predicted octanol–water partition coefficient (Wildman–Crippen LogP) is 1.07. The molecule has 104 valence electrons. The molecule has 2 fully saturated rings. The van der Waals surface area contributed by atoms with E-state index in [0.717, 1.165) is 26.2 Å². The molecule has 1 amide bonds. The molecule has 1 heterocycles. The van der Waals surface area contributed by atoms with Crippen molar-refractivity contribution in [3.05, 3.63) is 0 Å². The van der Waals surface area contributed by atoms with Crippen molar-refractivity contribution in [3.63, 3.8) is 0 Å². The summed E-state index contributed by atoms with van der Waals surface area (Å²) in [6, 6.07) is 0.